The standard InChI is InChI=1S/C25H25N3O5S/c1-2-33-20-13-11-19(12-14-20)28-34(31,32)21-15-7-17(8-16-21)24(29)27-23-6-4-3-5-22(23)25(30)26-18-9-10-18/h3-8,11-16,18,28H,2,9-10H2,1H3,(H,26,30)(H,27,29). The van der Waals surface area contributed by atoms with Gasteiger partial charge in [-0.3, -0.25) is 14.3 Å². The van der Waals surface area contributed by atoms with E-state index >= 15 is 0 Å². The summed E-state index contributed by atoms with van der Waals surface area (Å²) in [6.45, 7) is 2.38. The Kier molecular flexibility index (Phi) is 6.83. The maximum Gasteiger partial charge on any atom is 0.261 e. The predicted molar refractivity (Wildman–Crippen MR) is 130 cm³/mol. The van der Waals surface area contributed by atoms with Gasteiger partial charge in [0.15, 0.2) is 0 Å². The van der Waals surface area contributed by atoms with Crippen molar-refractivity contribution in [2.75, 3.05) is 16.6 Å². The van der Waals surface area contributed by atoms with E-state index in [1.807, 2.05) is 6.92 Å². The molecule has 1 aliphatic carbocycles. The molecule has 1 fully saturated rings. The molecule has 0 saturated heterocycles. The van der Waals surface area contributed by atoms with Gasteiger partial charge in [0.05, 0.1) is 22.8 Å². The average Bonchev–Trinajstić information content (AvgIpc) is 3.65. The molecular weight excluding hydrogens is 454 g/mol. The SMILES string of the molecule is CCOc1ccc(NS(=O)(=O)c2ccc(C(=O)Nc3ccccc3C(=O)NC3CC3)cc2)cc1. The highest BCUT2D eigenvalue weighted by atomic mass is 32.2. The fourth-order valence-electron chi connectivity index (χ4n) is 3.26. The third-order valence-corrected chi connectivity index (χ3v) is 6.57. The molecule has 0 bridgehead atoms. The highest BCUT2D eigenvalue weighted by Gasteiger charge is 2.25. The Bertz CT molecular complexity index is 1280. The van der Waals surface area contributed by atoms with Crippen LogP contribution in [0.4, 0.5) is 11.4 Å². The fraction of sp³-hybridized carbons (Fsp3) is 0.200. The molecule has 34 heavy (non-hydrogen) atoms. The highest BCUT2D eigenvalue weighted by Crippen LogP contribution is 2.23. The van der Waals surface area contributed by atoms with Crippen LogP contribution in [0.15, 0.2) is 77.7 Å². The molecule has 176 valence electrons. The van der Waals surface area contributed by atoms with E-state index in [1.54, 1.807) is 48.5 Å². The van der Waals surface area contributed by atoms with Crippen molar-refractivity contribution in [1.82, 2.24) is 5.32 Å². The molecule has 3 aromatic carbocycles. The smallest absolute Gasteiger partial charge is 0.261 e. The number of carbonyl (C=O) groups is 2. The van der Waals surface area contributed by atoms with Crippen molar-refractivity contribution in [1.29, 1.82) is 0 Å². The number of para-hydroxylation sites is 1. The van der Waals surface area contributed by atoms with Crippen LogP contribution in [-0.2, 0) is 10.0 Å². The molecule has 3 N–H and O–H groups in total. The molecule has 0 atom stereocenters. The Morgan fingerprint density at radius 1 is 0.912 bits per heavy atom. The summed E-state index contributed by atoms with van der Waals surface area (Å²) in [5, 5.41) is 5.64. The summed E-state index contributed by atoms with van der Waals surface area (Å²) < 4.78 is 33.3. The third-order valence-electron chi connectivity index (χ3n) is 5.18. The number of amides is 2. The first-order valence-electron chi connectivity index (χ1n) is 10.9. The van der Waals surface area contributed by atoms with E-state index in [-0.39, 0.29) is 22.4 Å². The largest absolute Gasteiger partial charge is 0.494 e. The first-order chi connectivity index (χ1) is 16.4. The number of carbonyl (C=O) groups excluding carboxylic acids is 2. The van der Waals surface area contributed by atoms with Gasteiger partial charge in [-0.25, -0.2) is 8.42 Å². The van der Waals surface area contributed by atoms with Gasteiger partial charge in [-0.1, -0.05) is 12.1 Å². The molecule has 0 aromatic heterocycles. The number of ether oxygens (including phenoxy) is 1. The zero-order chi connectivity index (χ0) is 24.1. The van der Waals surface area contributed by atoms with E-state index in [9.17, 15) is 18.0 Å². The number of benzene rings is 3. The molecule has 9 heteroatoms. The van der Waals surface area contributed by atoms with Gasteiger partial charge in [0, 0.05) is 17.3 Å². The number of nitrogens with one attached hydrogen (secondary N) is 3. The average molecular weight is 480 g/mol. The van der Waals surface area contributed by atoms with Gasteiger partial charge in [0.2, 0.25) is 0 Å². The van der Waals surface area contributed by atoms with Crippen LogP contribution in [0.3, 0.4) is 0 Å². The number of hydrogen-bond donors (Lipinski definition) is 3. The number of sulfonamides is 1. The number of rotatable bonds is 9. The van der Waals surface area contributed by atoms with Crippen molar-refractivity contribution >= 4 is 33.2 Å². The topological polar surface area (TPSA) is 114 Å². The van der Waals surface area contributed by atoms with Gasteiger partial charge in [-0.05, 0) is 80.4 Å². The van der Waals surface area contributed by atoms with Gasteiger partial charge >= 0.3 is 0 Å². The second kappa shape index (κ2) is 9.96. The van der Waals surface area contributed by atoms with Crippen molar-refractivity contribution in [2.45, 2.75) is 30.7 Å². The summed E-state index contributed by atoms with van der Waals surface area (Å²) in [6, 6.07) is 19.1. The lowest BCUT2D eigenvalue weighted by Crippen LogP contribution is -2.27. The number of anilines is 2. The van der Waals surface area contributed by atoms with Crippen LogP contribution in [0.1, 0.15) is 40.5 Å². The molecule has 0 heterocycles. The van der Waals surface area contributed by atoms with E-state index in [4.69, 9.17) is 4.74 Å². The van der Waals surface area contributed by atoms with E-state index < -0.39 is 15.9 Å². The lowest BCUT2D eigenvalue weighted by Gasteiger charge is -2.12. The molecule has 3 aromatic rings. The first-order valence-corrected chi connectivity index (χ1v) is 12.4. The third kappa shape index (κ3) is 5.74. The monoisotopic (exact) mass is 479 g/mol. The molecule has 8 nitrogen and oxygen atoms in total. The van der Waals surface area contributed by atoms with Crippen LogP contribution in [-0.4, -0.2) is 32.9 Å². The maximum atomic E-state index is 12.7. The van der Waals surface area contributed by atoms with Crippen LogP contribution >= 0.6 is 0 Å². The van der Waals surface area contributed by atoms with Crippen LogP contribution in [0.5, 0.6) is 5.75 Å². The van der Waals surface area contributed by atoms with Crippen molar-refractivity contribution < 1.29 is 22.7 Å². The molecule has 0 aliphatic heterocycles. The van der Waals surface area contributed by atoms with Gasteiger partial charge in [-0.15, -0.1) is 0 Å². The summed E-state index contributed by atoms with van der Waals surface area (Å²) in [4.78, 5) is 25.2. The van der Waals surface area contributed by atoms with Crippen LogP contribution in [0.25, 0.3) is 0 Å². The Labute approximate surface area is 198 Å². The zero-order valence-corrected chi connectivity index (χ0v) is 19.4. The molecular formula is C25H25N3O5S. The summed E-state index contributed by atoms with van der Waals surface area (Å²) in [5.41, 5.74) is 1.42. The van der Waals surface area contributed by atoms with Crippen molar-refractivity contribution in [3.63, 3.8) is 0 Å². The predicted octanol–water partition coefficient (Wildman–Crippen LogP) is 4.03. The summed E-state index contributed by atoms with van der Waals surface area (Å²) in [7, 11) is -3.84. The van der Waals surface area contributed by atoms with Crippen molar-refractivity contribution in [2.24, 2.45) is 0 Å². The van der Waals surface area contributed by atoms with E-state index in [2.05, 4.69) is 15.4 Å². The van der Waals surface area contributed by atoms with Gasteiger partial charge in [0.1, 0.15) is 5.75 Å². The van der Waals surface area contributed by atoms with Gasteiger partial charge in [-0.2, -0.15) is 0 Å². The Balaban J connectivity index is 1.44. The molecule has 1 saturated carbocycles. The van der Waals surface area contributed by atoms with E-state index in [0.717, 1.165) is 12.8 Å². The molecule has 4 rings (SSSR count). The molecule has 0 radical (unpaired) electrons. The first kappa shape index (κ1) is 23.3. The molecule has 0 spiro atoms. The Hall–Kier alpha value is -3.85. The lowest BCUT2D eigenvalue weighted by atomic mass is 10.1. The van der Waals surface area contributed by atoms with E-state index in [0.29, 0.717) is 29.3 Å². The van der Waals surface area contributed by atoms with Crippen LogP contribution in [0, 0.1) is 0 Å². The van der Waals surface area contributed by atoms with Gasteiger partial charge in [0.25, 0.3) is 21.8 Å². The van der Waals surface area contributed by atoms with Crippen LogP contribution < -0.4 is 20.1 Å². The minimum atomic E-state index is -3.84. The Morgan fingerprint density at radius 2 is 1.59 bits per heavy atom. The fourth-order valence-corrected chi connectivity index (χ4v) is 4.32. The summed E-state index contributed by atoms with van der Waals surface area (Å²) in [5.74, 6) is -0.0392. The van der Waals surface area contributed by atoms with Crippen molar-refractivity contribution in [3.05, 3.63) is 83.9 Å². The minimum Gasteiger partial charge on any atom is -0.494 e. The quantitative estimate of drug-likeness (QED) is 0.429. The lowest BCUT2D eigenvalue weighted by molar-refractivity contribution is 0.0952. The van der Waals surface area contributed by atoms with Crippen LogP contribution in [0.2, 0.25) is 0 Å². The normalized spacial score (nSPS) is 13.1. The molecule has 1 aliphatic rings. The second-order valence-corrected chi connectivity index (χ2v) is 9.52. The maximum absolute atomic E-state index is 12.7. The molecule has 0 unspecified atom stereocenters. The summed E-state index contributed by atoms with van der Waals surface area (Å²) >= 11 is 0. The number of hydrogen-bond acceptors (Lipinski definition) is 5. The van der Waals surface area contributed by atoms with E-state index in [1.165, 1.54) is 24.3 Å². The molecule has 2 amide bonds. The van der Waals surface area contributed by atoms with Crippen molar-refractivity contribution in [3.8, 4) is 5.75 Å². The zero-order valence-electron chi connectivity index (χ0n) is 18.6. The Morgan fingerprint density at radius 3 is 2.24 bits per heavy atom. The minimum absolute atomic E-state index is 0.0159. The second-order valence-electron chi connectivity index (χ2n) is 7.83. The summed E-state index contributed by atoms with van der Waals surface area (Å²) in [6.07, 6.45) is 1.92. The van der Waals surface area contributed by atoms with Gasteiger partial charge < -0.3 is 15.4 Å². The highest BCUT2D eigenvalue weighted by molar-refractivity contribution is 7.92.